The molecule has 2 rings (SSSR count). The number of benzene rings is 2. The topological polar surface area (TPSA) is 50.4 Å². The monoisotopic (exact) mass is 330 g/mol. The van der Waals surface area contributed by atoms with Crippen LogP contribution < -0.4 is 10.6 Å². The number of hydrogen-bond donors (Lipinski definition) is 2. The van der Waals surface area contributed by atoms with E-state index in [1.165, 1.54) is 12.1 Å². The van der Waals surface area contributed by atoms with Gasteiger partial charge in [-0.3, -0.25) is 4.79 Å². The highest BCUT2D eigenvalue weighted by Crippen LogP contribution is 2.22. The Balaban J connectivity index is 1.94. The van der Waals surface area contributed by atoms with E-state index >= 15 is 0 Å². The number of halogens is 1. The van der Waals surface area contributed by atoms with Crippen molar-refractivity contribution in [1.29, 1.82) is 0 Å². The predicted molar refractivity (Wildman–Crippen MR) is 93.7 cm³/mol. The molecule has 4 nitrogen and oxygen atoms in total. The standard InChI is InChI=1S/C19H23FN2O2/c1-14-3-5-15(6-4-14)16-7-8-17(18(20)13-16)19(23)22-10-9-21-11-12-24-2/h3-8,13,21H,9-12H2,1-2H3,(H,22,23). The first-order valence-corrected chi connectivity index (χ1v) is 7.96. The Bertz CT molecular complexity index is 672. The highest BCUT2D eigenvalue weighted by molar-refractivity contribution is 5.95. The normalized spacial score (nSPS) is 10.6. The van der Waals surface area contributed by atoms with Crippen LogP contribution in [0.5, 0.6) is 0 Å². The van der Waals surface area contributed by atoms with Gasteiger partial charge in [0, 0.05) is 26.7 Å². The Morgan fingerprint density at radius 3 is 2.42 bits per heavy atom. The van der Waals surface area contributed by atoms with Crippen LogP contribution in [0, 0.1) is 12.7 Å². The summed E-state index contributed by atoms with van der Waals surface area (Å²) in [7, 11) is 1.63. The number of ether oxygens (including phenoxy) is 1. The van der Waals surface area contributed by atoms with Crippen LogP contribution in [-0.4, -0.2) is 39.3 Å². The van der Waals surface area contributed by atoms with Gasteiger partial charge >= 0.3 is 0 Å². The fourth-order valence-electron chi connectivity index (χ4n) is 2.28. The van der Waals surface area contributed by atoms with Gasteiger partial charge in [-0.25, -0.2) is 4.39 Å². The Labute approximate surface area is 142 Å². The van der Waals surface area contributed by atoms with E-state index in [4.69, 9.17) is 4.74 Å². The minimum atomic E-state index is -0.516. The van der Waals surface area contributed by atoms with Crippen LogP contribution >= 0.6 is 0 Å². The lowest BCUT2D eigenvalue weighted by atomic mass is 10.0. The van der Waals surface area contributed by atoms with Crippen LogP contribution in [0.2, 0.25) is 0 Å². The second kappa shape index (κ2) is 9.15. The van der Waals surface area contributed by atoms with Crippen molar-refractivity contribution in [2.45, 2.75) is 6.92 Å². The van der Waals surface area contributed by atoms with Crippen molar-refractivity contribution in [2.24, 2.45) is 0 Å². The van der Waals surface area contributed by atoms with Crippen LogP contribution in [0.15, 0.2) is 42.5 Å². The first kappa shape index (κ1) is 18.1. The Morgan fingerprint density at radius 2 is 1.75 bits per heavy atom. The van der Waals surface area contributed by atoms with Crippen LogP contribution in [-0.2, 0) is 4.74 Å². The fraction of sp³-hybridized carbons (Fsp3) is 0.316. The average molecular weight is 330 g/mol. The van der Waals surface area contributed by atoms with Crippen LogP contribution in [0.25, 0.3) is 11.1 Å². The minimum Gasteiger partial charge on any atom is -0.383 e. The van der Waals surface area contributed by atoms with Gasteiger partial charge in [-0.1, -0.05) is 35.9 Å². The Hall–Kier alpha value is -2.24. The molecule has 2 aromatic carbocycles. The summed E-state index contributed by atoms with van der Waals surface area (Å²) in [5, 5.41) is 5.81. The zero-order chi connectivity index (χ0) is 17.4. The van der Waals surface area contributed by atoms with E-state index in [-0.39, 0.29) is 5.56 Å². The molecule has 0 aromatic heterocycles. The van der Waals surface area contributed by atoms with Gasteiger partial charge in [0.05, 0.1) is 12.2 Å². The summed E-state index contributed by atoms with van der Waals surface area (Å²) in [6.07, 6.45) is 0. The van der Waals surface area contributed by atoms with Gasteiger partial charge < -0.3 is 15.4 Å². The van der Waals surface area contributed by atoms with E-state index in [0.29, 0.717) is 26.2 Å². The first-order valence-electron chi connectivity index (χ1n) is 7.96. The average Bonchev–Trinajstić information content (AvgIpc) is 2.58. The lowest BCUT2D eigenvalue weighted by Crippen LogP contribution is -2.33. The molecule has 2 aromatic rings. The second-order valence-corrected chi connectivity index (χ2v) is 5.56. The van der Waals surface area contributed by atoms with Crippen LogP contribution in [0.4, 0.5) is 4.39 Å². The number of rotatable bonds is 8. The van der Waals surface area contributed by atoms with Crippen molar-refractivity contribution in [2.75, 3.05) is 33.4 Å². The zero-order valence-corrected chi connectivity index (χ0v) is 14.1. The molecule has 5 heteroatoms. The number of carbonyl (C=O) groups is 1. The number of hydrogen-bond acceptors (Lipinski definition) is 3. The summed E-state index contributed by atoms with van der Waals surface area (Å²) >= 11 is 0. The molecule has 1 amide bonds. The van der Waals surface area contributed by atoms with Crippen LogP contribution in [0.1, 0.15) is 15.9 Å². The molecule has 128 valence electrons. The van der Waals surface area contributed by atoms with E-state index in [0.717, 1.165) is 16.7 Å². The molecule has 0 aliphatic rings. The molecule has 0 heterocycles. The third-order valence-corrected chi connectivity index (χ3v) is 3.67. The molecule has 0 saturated heterocycles. The predicted octanol–water partition coefficient (Wildman–Crippen LogP) is 2.77. The van der Waals surface area contributed by atoms with Crippen molar-refractivity contribution in [3.63, 3.8) is 0 Å². The highest BCUT2D eigenvalue weighted by atomic mass is 19.1. The molecule has 0 bridgehead atoms. The van der Waals surface area contributed by atoms with Crippen molar-refractivity contribution < 1.29 is 13.9 Å². The van der Waals surface area contributed by atoms with Gasteiger partial charge in [0.25, 0.3) is 5.91 Å². The SMILES string of the molecule is COCCNCCNC(=O)c1ccc(-c2ccc(C)cc2)cc1F. The Morgan fingerprint density at radius 1 is 1.04 bits per heavy atom. The van der Waals surface area contributed by atoms with Crippen molar-refractivity contribution in [3.8, 4) is 11.1 Å². The summed E-state index contributed by atoms with van der Waals surface area (Å²) in [5.74, 6) is -0.922. The maximum Gasteiger partial charge on any atom is 0.254 e. The maximum absolute atomic E-state index is 14.2. The largest absolute Gasteiger partial charge is 0.383 e. The lowest BCUT2D eigenvalue weighted by molar-refractivity contribution is 0.0949. The molecule has 0 aliphatic heterocycles. The minimum absolute atomic E-state index is 0.0581. The number of amides is 1. The summed E-state index contributed by atoms with van der Waals surface area (Å²) in [4.78, 5) is 12.0. The van der Waals surface area contributed by atoms with Gasteiger partial charge in [-0.2, -0.15) is 0 Å². The summed E-state index contributed by atoms with van der Waals surface area (Å²) in [6.45, 7) is 4.37. The molecule has 0 radical (unpaired) electrons. The van der Waals surface area contributed by atoms with E-state index in [1.807, 2.05) is 31.2 Å². The van der Waals surface area contributed by atoms with Crippen molar-refractivity contribution in [3.05, 3.63) is 59.4 Å². The van der Waals surface area contributed by atoms with Crippen molar-refractivity contribution >= 4 is 5.91 Å². The quantitative estimate of drug-likeness (QED) is 0.732. The maximum atomic E-state index is 14.2. The highest BCUT2D eigenvalue weighted by Gasteiger charge is 2.12. The summed E-state index contributed by atoms with van der Waals surface area (Å²) < 4.78 is 19.2. The number of nitrogens with one attached hydrogen (secondary N) is 2. The van der Waals surface area contributed by atoms with Gasteiger partial charge in [0.2, 0.25) is 0 Å². The third kappa shape index (κ3) is 5.15. The molecule has 24 heavy (non-hydrogen) atoms. The molecule has 0 aliphatic carbocycles. The van der Waals surface area contributed by atoms with Crippen LogP contribution in [0.3, 0.4) is 0 Å². The van der Waals surface area contributed by atoms with Crippen molar-refractivity contribution in [1.82, 2.24) is 10.6 Å². The van der Waals surface area contributed by atoms with E-state index in [2.05, 4.69) is 10.6 Å². The van der Waals surface area contributed by atoms with E-state index in [9.17, 15) is 9.18 Å². The number of aryl methyl sites for hydroxylation is 1. The molecule has 0 fully saturated rings. The third-order valence-electron chi connectivity index (χ3n) is 3.67. The molecule has 2 N–H and O–H groups in total. The Kier molecular flexibility index (Phi) is 6.90. The second-order valence-electron chi connectivity index (χ2n) is 5.56. The van der Waals surface area contributed by atoms with Gasteiger partial charge in [0.15, 0.2) is 0 Å². The molecule has 0 spiro atoms. The number of carbonyl (C=O) groups excluding carboxylic acids is 1. The van der Waals surface area contributed by atoms with Gasteiger partial charge in [-0.15, -0.1) is 0 Å². The molecular formula is C19H23FN2O2. The molecule has 0 unspecified atom stereocenters. The summed E-state index contributed by atoms with van der Waals surface area (Å²) in [6, 6.07) is 12.5. The fourth-order valence-corrected chi connectivity index (χ4v) is 2.28. The molecular weight excluding hydrogens is 307 g/mol. The number of methoxy groups -OCH3 is 1. The molecule has 0 atom stereocenters. The summed E-state index contributed by atoms with van der Waals surface area (Å²) in [5.41, 5.74) is 2.89. The van der Waals surface area contributed by atoms with E-state index in [1.54, 1.807) is 13.2 Å². The smallest absolute Gasteiger partial charge is 0.254 e. The zero-order valence-electron chi connectivity index (χ0n) is 14.1. The van der Waals surface area contributed by atoms with E-state index < -0.39 is 11.7 Å². The molecule has 0 saturated carbocycles. The van der Waals surface area contributed by atoms with Gasteiger partial charge in [-0.05, 0) is 30.2 Å². The van der Waals surface area contributed by atoms with Gasteiger partial charge in [0.1, 0.15) is 5.82 Å². The lowest BCUT2D eigenvalue weighted by Gasteiger charge is -2.09. The first-order chi connectivity index (χ1) is 11.6.